The van der Waals surface area contributed by atoms with Crippen molar-refractivity contribution in [2.75, 3.05) is 18.6 Å². The summed E-state index contributed by atoms with van der Waals surface area (Å²) >= 11 is 1.51. The minimum atomic E-state index is -1.37. The first-order valence-corrected chi connectivity index (χ1v) is 12.3. The maximum Gasteiger partial charge on any atom is 0.326 e. The number of carboxylic acid groups (broad SMARTS) is 1. The number of carboxylic acids is 1. The minimum Gasteiger partial charge on any atom is -0.480 e. The van der Waals surface area contributed by atoms with Crippen LogP contribution in [0.25, 0.3) is 0 Å². The summed E-state index contributed by atoms with van der Waals surface area (Å²) in [4.78, 5) is 53.3. The lowest BCUT2D eigenvalue weighted by Gasteiger charge is -2.27. The first kappa shape index (κ1) is 31.4. The molecule has 0 unspecified atom stereocenters. The van der Waals surface area contributed by atoms with Crippen LogP contribution in [0, 0.1) is 5.92 Å². The van der Waals surface area contributed by atoms with Crippen LogP contribution < -0.4 is 33.2 Å². The molecule has 0 aromatic heterocycles. The van der Waals surface area contributed by atoms with Gasteiger partial charge in [-0.2, -0.15) is 11.8 Å². The number of thioether (sulfide) groups is 1. The molecule has 34 heavy (non-hydrogen) atoms. The number of amides is 3. The van der Waals surface area contributed by atoms with Gasteiger partial charge in [0.25, 0.3) is 0 Å². The van der Waals surface area contributed by atoms with Gasteiger partial charge in [0.2, 0.25) is 17.7 Å². The van der Waals surface area contributed by atoms with Gasteiger partial charge in [0.15, 0.2) is 5.96 Å². The Balaban J connectivity index is 5.50. The predicted molar refractivity (Wildman–Crippen MR) is 131 cm³/mol. The van der Waals surface area contributed by atoms with Crippen LogP contribution in [0.2, 0.25) is 0 Å². The molecule has 0 saturated heterocycles. The van der Waals surface area contributed by atoms with Crippen LogP contribution in [0.1, 0.15) is 40.0 Å². The van der Waals surface area contributed by atoms with Crippen molar-refractivity contribution < 1.29 is 29.4 Å². The van der Waals surface area contributed by atoms with Crippen LogP contribution in [0.4, 0.5) is 0 Å². The number of nitrogens with one attached hydrogen (secondary N) is 3. The van der Waals surface area contributed by atoms with Gasteiger partial charge in [0.05, 0.1) is 12.1 Å². The van der Waals surface area contributed by atoms with Gasteiger partial charge in [-0.05, 0) is 44.1 Å². The number of carbonyl (C=O) groups excluding carboxylic acids is 3. The van der Waals surface area contributed by atoms with E-state index in [1.54, 1.807) is 13.8 Å². The molecule has 0 spiro atoms. The molecule has 0 fully saturated rings. The van der Waals surface area contributed by atoms with Gasteiger partial charge >= 0.3 is 5.97 Å². The molecule has 0 aliphatic rings. The van der Waals surface area contributed by atoms with E-state index >= 15 is 0 Å². The molecule has 0 radical (unpaired) electrons. The van der Waals surface area contributed by atoms with E-state index in [0.29, 0.717) is 18.6 Å². The number of guanidine groups is 1. The summed E-state index contributed by atoms with van der Waals surface area (Å²) in [5.74, 6) is -3.29. The molecule has 0 aliphatic carbocycles. The van der Waals surface area contributed by atoms with Gasteiger partial charge < -0.3 is 43.4 Å². The van der Waals surface area contributed by atoms with Gasteiger partial charge in [-0.1, -0.05) is 13.8 Å². The van der Waals surface area contributed by atoms with E-state index in [0.717, 1.165) is 0 Å². The van der Waals surface area contributed by atoms with E-state index in [4.69, 9.17) is 17.2 Å². The molecule has 196 valence electrons. The summed E-state index contributed by atoms with van der Waals surface area (Å²) in [5, 5.41) is 26.7. The summed E-state index contributed by atoms with van der Waals surface area (Å²) in [5.41, 5.74) is 16.4. The Bertz CT molecular complexity index is 716. The largest absolute Gasteiger partial charge is 0.480 e. The molecule has 0 rings (SSSR count). The second-order valence-corrected chi connectivity index (χ2v) is 9.18. The summed E-state index contributed by atoms with van der Waals surface area (Å²) < 4.78 is 0. The van der Waals surface area contributed by atoms with Gasteiger partial charge in [-0.25, -0.2) is 4.79 Å². The Morgan fingerprint density at radius 2 is 1.53 bits per heavy atom. The van der Waals surface area contributed by atoms with E-state index < -0.39 is 59.9 Å². The molecule has 13 nitrogen and oxygen atoms in total. The number of rotatable bonds is 16. The standard InChI is InChI=1S/C20H39N7O6S/c1-10(2)14(19(32)33)26-17(30)13(6-5-8-24-20(22)23)25-18(31)15(11(3)28)27-16(29)12(21)7-9-34-4/h10-15,28H,5-9,21H2,1-4H3,(H,25,31)(H,26,30)(H,27,29)(H,32,33)(H4,22,23,24)/t11-,12+,13+,14+,15+/m1/s1. The summed E-state index contributed by atoms with van der Waals surface area (Å²) in [6, 6.07) is -4.58. The van der Waals surface area contributed by atoms with Crippen molar-refractivity contribution in [3.05, 3.63) is 0 Å². The number of aliphatic imine (C=N–C) groups is 1. The molecule has 14 heteroatoms. The molecular weight excluding hydrogens is 466 g/mol. The van der Waals surface area contributed by atoms with Gasteiger partial charge in [0.1, 0.15) is 18.1 Å². The van der Waals surface area contributed by atoms with E-state index in [9.17, 15) is 29.4 Å². The summed E-state index contributed by atoms with van der Waals surface area (Å²) in [6.45, 7) is 4.75. The van der Waals surface area contributed by atoms with Crippen molar-refractivity contribution in [1.29, 1.82) is 0 Å². The zero-order valence-electron chi connectivity index (χ0n) is 20.1. The number of aliphatic hydroxyl groups excluding tert-OH is 1. The molecule has 0 aromatic carbocycles. The Kier molecular flexibility index (Phi) is 14.9. The maximum absolute atomic E-state index is 12.9. The lowest BCUT2D eigenvalue weighted by molar-refractivity contribution is -0.143. The zero-order chi connectivity index (χ0) is 26.4. The normalized spacial score (nSPS) is 15.4. The molecule has 0 heterocycles. The average Bonchev–Trinajstić information content (AvgIpc) is 2.74. The van der Waals surface area contributed by atoms with Crippen LogP contribution in [-0.2, 0) is 19.2 Å². The van der Waals surface area contributed by atoms with Crippen molar-refractivity contribution in [1.82, 2.24) is 16.0 Å². The molecule has 3 amide bonds. The quantitative estimate of drug-likeness (QED) is 0.0634. The molecule has 5 atom stereocenters. The summed E-state index contributed by atoms with van der Waals surface area (Å²) in [6.07, 6.45) is 1.32. The van der Waals surface area contributed by atoms with E-state index in [2.05, 4.69) is 20.9 Å². The van der Waals surface area contributed by atoms with Crippen LogP contribution in [0.3, 0.4) is 0 Å². The van der Waals surface area contributed by atoms with Crippen LogP contribution in [0.5, 0.6) is 0 Å². The monoisotopic (exact) mass is 505 g/mol. The van der Waals surface area contributed by atoms with Gasteiger partial charge in [0, 0.05) is 6.54 Å². The van der Waals surface area contributed by atoms with Crippen molar-refractivity contribution >= 4 is 41.4 Å². The number of hydrogen-bond acceptors (Lipinski definition) is 8. The number of hydrogen-bond donors (Lipinski definition) is 8. The molecule has 11 N–H and O–H groups in total. The number of nitrogens with two attached hydrogens (primary N) is 3. The van der Waals surface area contributed by atoms with Crippen molar-refractivity contribution in [2.24, 2.45) is 28.1 Å². The number of aliphatic carboxylic acids is 1. The molecule has 0 aromatic rings. The van der Waals surface area contributed by atoms with Crippen molar-refractivity contribution in [3.63, 3.8) is 0 Å². The predicted octanol–water partition coefficient (Wildman–Crippen LogP) is -2.30. The maximum atomic E-state index is 12.9. The Hall–Kier alpha value is -2.58. The second kappa shape index (κ2) is 16.1. The lowest BCUT2D eigenvalue weighted by Crippen LogP contribution is -2.60. The fraction of sp³-hybridized carbons (Fsp3) is 0.750. The fourth-order valence-corrected chi connectivity index (χ4v) is 3.33. The minimum absolute atomic E-state index is 0.0759. The van der Waals surface area contributed by atoms with Crippen LogP contribution in [0.15, 0.2) is 4.99 Å². The van der Waals surface area contributed by atoms with E-state index in [1.165, 1.54) is 18.7 Å². The molecule has 0 bridgehead atoms. The number of aliphatic hydroxyl groups is 1. The third-order valence-corrected chi connectivity index (χ3v) is 5.49. The van der Waals surface area contributed by atoms with Gasteiger partial charge in [-0.3, -0.25) is 19.4 Å². The van der Waals surface area contributed by atoms with Crippen LogP contribution in [-0.4, -0.2) is 88.7 Å². The molecule has 0 aliphatic heterocycles. The Morgan fingerprint density at radius 1 is 0.941 bits per heavy atom. The molecular formula is C20H39N7O6S. The highest BCUT2D eigenvalue weighted by Crippen LogP contribution is 2.07. The van der Waals surface area contributed by atoms with E-state index in [-0.39, 0.29) is 18.9 Å². The highest BCUT2D eigenvalue weighted by Gasteiger charge is 2.32. The first-order valence-electron chi connectivity index (χ1n) is 10.9. The highest BCUT2D eigenvalue weighted by molar-refractivity contribution is 7.98. The topological polar surface area (TPSA) is 235 Å². The summed E-state index contributed by atoms with van der Waals surface area (Å²) in [7, 11) is 0. The smallest absolute Gasteiger partial charge is 0.326 e. The third-order valence-electron chi connectivity index (χ3n) is 4.84. The number of carbonyl (C=O) groups is 4. The SMILES string of the molecule is CSCC[C@H](N)C(=O)N[C@H](C(=O)N[C@@H](CCCN=C(N)N)C(=O)N[C@H](C(=O)O)C(C)C)[C@@H](C)O. The van der Waals surface area contributed by atoms with Crippen molar-refractivity contribution in [3.8, 4) is 0 Å². The second-order valence-electron chi connectivity index (χ2n) is 8.19. The van der Waals surface area contributed by atoms with E-state index in [1.807, 2.05) is 6.26 Å². The fourth-order valence-electron chi connectivity index (χ4n) is 2.84. The molecule has 0 saturated carbocycles. The van der Waals surface area contributed by atoms with Crippen LogP contribution >= 0.6 is 11.8 Å². The van der Waals surface area contributed by atoms with Gasteiger partial charge in [-0.15, -0.1) is 0 Å². The first-order chi connectivity index (χ1) is 15.8. The Labute approximate surface area is 204 Å². The highest BCUT2D eigenvalue weighted by atomic mass is 32.2. The number of nitrogens with zero attached hydrogens (tertiary/aromatic N) is 1. The Morgan fingerprint density at radius 3 is 2.00 bits per heavy atom. The lowest BCUT2D eigenvalue weighted by atomic mass is 10.0. The zero-order valence-corrected chi connectivity index (χ0v) is 20.9. The third kappa shape index (κ3) is 12.0. The van der Waals surface area contributed by atoms with Crippen molar-refractivity contribution in [2.45, 2.75) is 70.3 Å². The average molecular weight is 506 g/mol.